The van der Waals surface area contributed by atoms with Crippen molar-refractivity contribution < 1.29 is 0 Å². The summed E-state index contributed by atoms with van der Waals surface area (Å²) in [5.74, 6) is 0. The van der Waals surface area contributed by atoms with Gasteiger partial charge in [0.1, 0.15) is 0 Å². The second-order valence-electron chi connectivity index (χ2n) is 5.89. The molecule has 3 rings (SSSR count). The van der Waals surface area contributed by atoms with Crippen LogP contribution in [-0.4, -0.2) is 37.1 Å². The lowest BCUT2D eigenvalue weighted by Crippen LogP contribution is -2.45. The van der Waals surface area contributed by atoms with Gasteiger partial charge >= 0.3 is 0 Å². The molecule has 1 aliphatic carbocycles. The molecule has 1 N–H and O–H groups in total. The lowest BCUT2D eigenvalue weighted by molar-refractivity contribution is 0.0818. The molecule has 2 saturated heterocycles. The van der Waals surface area contributed by atoms with Crippen LogP contribution in [-0.2, 0) is 0 Å². The molecular formula is C13H24N2. The van der Waals surface area contributed by atoms with Crippen LogP contribution in [0.5, 0.6) is 0 Å². The Morgan fingerprint density at radius 3 is 2.33 bits per heavy atom. The predicted octanol–water partition coefficient (Wildman–Crippen LogP) is 2.00. The van der Waals surface area contributed by atoms with E-state index < -0.39 is 0 Å². The molecule has 0 bridgehead atoms. The summed E-state index contributed by atoms with van der Waals surface area (Å²) in [5, 5.41) is 3.49. The van der Waals surface area contributed by atoms with E-state index in [1.807, 2.05) is 0 Å². The normalized spacial score (nSPS) is 36.4. The van der Waals surface area contributed by atoms with Crippen molar-refractivity contribution in [3.8, 4) is 0 Å². The summed E-state index contributed by atoms with van der Waals surface area (Å²) >= 11 is 0. The largest absolute Gasteiger partial charge is 0.315 e. The standard InChI is InChI=1S/C13H24N2/c1-2-5-13(4-1)6-9-15(10-7-13)12-3-8-14-11-12/h12,14H,1-11H2/t12-/m1/s1. The molecule has 2 aliphatic heterocycles. The zero-order valence-electron chi connectivity index (χ0n) is 9.80. The van der Waals surface area contributed by atoms with Gasteiger partial charge in [0.15, 0.2) is 0 Å². The smallest absolute Gasteiger partial charge is 0.0232 e. The van der Waals surface area contributed by atoms with Crippen LogP contribution in [0.2, 0.25) is 0 Å². The van der Waals surface area contributed by atoms with E-state index in [2.05, 4.69) is 10.2 Å². The Morgan fingerprint density at radius 2 is 1.73 bits per heavy atom. The first-order valence-electron chi connectivity index (χ1n) is 6.83. The third kappa shape index (κ3) is 1.94. The number of hydrogen-bond donors (Lipinski definition) is 1. The van der Waals surface area contributed by atoms with E-state index >= 15 is 0 Å². The molecule has 0 aromatic heterocycles. The highest BCUT2D eigenvalue weighted by Gasteiger charge is 2.38. The van der Waals surface area contributed by atoms with Gasteiger partial charge in [-0.2, -0.15) is 0 Å². The van der Waals surface area contributed by atoms with Crippen LogP contribution in [0.4, 0.5) is 0 Å². The second kappa shape index (κ2) is 4.06. The number of nitrogens with one attached hydrogen (secondary N) is 1. The number of nitrogens with zero attached hydrogens (tertiary/aromatic N) is 1. The highest BCUT2D eigenvalue weighted by molar-refractivity contribution is 4.92. The van der Waals surface area contributed by atoms with E-state index in [1.165, 1.54) is 71.1 Å². The summed E-state index contributed by atoms with van der Waals surface area (Å²) in [5.41, 5.74) is 0.794. The minimum absolute atomic E-state index is 0.794. The van der Waals surface area contributed by atoms with Crippen LogP contribution >= 0.6 is 0 Å². The molecule has 0 aromatic carbocycles. The molecular weight excluding hydrogens is 184 g/mol. The molecule has 0 radical (unpaired) electrons. The van der Waals surface area contributed by atoms with Crippen molar-refractivity contribution in [1.29, 1.82) is 0 Å². The van der Waals surface area contributed by atoms with E-state index in [-0.39, 0.29) is 0 Å². The summed E-state index contributed by atoms with van der Waals surface area (Å²) < 4.78 is 0. The Kier molecular flexibility index (Phi) is 2.73. The third-order valence-electron chi connectivity index (χ3n) is 5.07. The Hall–Kier alpha value is -0.0800. The van der Waals surface area contributed by atoms with Crippen LogP contribution in [0.15, 0.2) is 0 Å². The molecule has 15 heavy (non-hydrogen) atoms. The van der Waals surface area contributed by atoms with Crippen molar-refractivity contribution in [2.75, 3.05) is 26.2 Å². The van der Waals surface area contributed by atoms with Gasteiger partial charge < -0.3 is 5.32 Å². The molecule has 1 atom stereocenters. The first-order valence-corrected chi connectivity index (χ1v) is 6.83. The Bertz CT molecular complexity index is 205. The molecule has 3 fully saturated rings. The summed E-state index contributed by atoms with van der Waals surface area (Å²) in [4.78, 5) is 2.75. The van der Waals surface area contributed by atoms with E-state index in [1.54, 1.807) is 0 Å². The van der Waals surface area contributed by atoms with Crippen molar-refractivity contribution in [3.05, 3.63) is 0 Å². The zero-order chi connectivity index (χ0) is 10.1. The topological polar surface area (TPSA) is 15.3 Å². The van der Waals surface area contributed by atoms with E-state index in [4.69, 9.17) is 0 Å². The summed E-state index contributed by atoms with van der Waals surface area (Å²) in [6.45, 7) is 5.25. The van der Waals surface area contributed by atoms with Crippen molar-refractivity contribution >= 4 is 0 Å². The monoisotopic (exact) mass is 208 g/mol. The van der Waals surface area contributed by atoms with Crippen molar-refractivity contribution in [2.45, 2.75) is 51.0 Å². The first kappa shape index (κ1) is 10.1. The van der Waals surface area contributed by atoms with Crippen LogP contribution in [0.25, 0.3) is 0 Å². The molecule has 2 heteroatoms. The molecule has 0 aromatic rings. The van der Waals surface area contributed by atoms with Gasteiger partial charge in [-0.05, 0) is 57.2 Å². The fourth-order valence-corrected chi connectivity index (χ4v) is 3.94. The van der Waals surface area contributed by atoms with Crippen LogP contribution < -0.4 is 5.32 Å². The van der Waals surface area contributed by atoms with Crippen LogP contribution in [0.1, 0.15) is 44.9 Å². The average Bonchev–Trinajstić information content (AvgIpc) is 2.91. The summed E-state index contributed by atoms with van der Waals surface area (Å²) in [6, 6.07) is 0.865. The average molecular weight is 208 g/mol. The fraction of sp³-hybridized carbons (Fsp3) is 1.00. The quantitative estimate of drug-likeness (QED) is 0.709. The molecule has 86 valence electrons. The molecule has 2 nitrogen and oxygen atoms in total. The van der Waals surface area contributed by atoms with Crippen molar-refractivity contribution in [1.82, 2.24) is 10.2 Å². The van der Waals surface area contributed by atoms with Crippen LogP contribution in [0.3, 0.4) is 0 Å². The minimum Gasteiger partial charge on any atom is -0.315 e. The minimum atomic E-state index is 0.794. The van der Waals surface area contributed by atoms with Gasteiger partial charge in [-0.15, -0.1) is 0 Å². The lowest BCUT2D eigenvalue weighted by atomic mass is 9.77. The highest BCUT2D eigenvalue weighted by atomic mass is 15.2. The maximum atomic E-state index is 3.49. The first-order chi connectivity index (χ1) is 7.38. The fourth-order valence-electron chi connectivity index (χ4n) is 3.94. The SMILES string of the molecule is C1CCC2(C1)CCN([C@@H]1CCNC1)CC2. The highest BCUT2D eigenvalue weighted by Crippen LogP contribution is 2.46. The van der Waals surface area contributed by atoms with Crippen molar-refractivity contribution in [2.24, 2.45) is 5.41 Å². The zero-order valence-corrected chi connectivity index (χ0v) is 9.80. The maximum absolute atomic E-state index is 3.49. The van der Waals surface area contributed by atoms with E-state index in [0.29, 0.717) is 0 Å². The summed E-state index contributed by atoms with van der Waals surface area (Å²) in [6.07, 6.45) is 10.4. The van der Waals surface area contributed by atoms with Crippen molar-refractivity contribution in [3.63, 3.8) is 0 Å². The molecule has 2 heterocycles. The number of hydrogen-bond acceptors (Lipinski definition) is 2. The predicted molar refractivity (Wildman–Crippen MR) is 63.0 cm³/mol. The van der Waals surface area contributed by atoms with E-state index in [0.717, 1.165) is 11.5 Å². The van der Waals surface area contributed by atoms with Gasteiger partial charge in [0, 0.05) is 12.6 Å². The molecule has 0 unspecified atom stereocenters. The molecule has 1 spiro atoms. The maximum Gasteiger partial charge on any atom is 0.0232 e. The van der Waals surface area contributed by atoms with Gasteiger partial charge in [0.05, 0.1) is 0 Å². The number of piperidine rings is 1. The van der Waals surface area contributed by atoms with Crippen LogP contribution in [0, 0.1) is 5.41 Å². The second-order valence-corrected chi connectivity index (χ2v) is 5.89. The number of rotatable bonds is 1. The third-order valence-corrected chi connectivity index (χ3v) is 5.07. The molecule has 1 saturated carbocycles. The van der Waals surface area contributed by atoms with E-state index in [9.17, 15) is 0 Å². The molecule has 0 amide bonds. The lowest BCUT2D eigenvalue weighted by Gasteiger charge is -2.41. The van der Waals surface area contributed by atoms with Gasteiger partial charge in [0.25, 0.3) is 0 Å². The Balaban J connectivity index is 1.55. The number of likely N-dealkylation sites (tertiary alicyclic amines) is 1. The molecule has 3 aliphatic rings. The van der Waals surface area contributed by atoms with Gasteiger partial charge in [-0.1, -0.05) is 12.8 Å². The van der Waals surface area contributed by atoms with Gasteiger partial charge in [0.2, 0.25) is 0 Å². The Morgan fingerprint density at radius 1 is 1.00 bits per heavy atom. The van der Waals surface area contributed by atoms with Gasteiger partial charge in [-0.3, -0.25) is 4.90 Å². The Labute approximate surface area is 93.4 Å². The summed E-state index contributed by atoms with van der Waals surface area (Å²) in [7, 11) is 0. The van der Waals surface area contributed by atoms with Gasteiger partial charge in [-0.25, -0.2) is 0 Å².